The van der Waals surface area contributed by atoms with Gasteiger partial charge in [0.1, 0.15) is 5.75 Å². The van der Waals surface area contributed by atoms with Crippen molar-refractivity contribution in [3.05, 3.63) is 46.4 Å². The summed E-state index contributed by atoms with van der Waals surface area (Å²) in [5.74, 6) is -3.70. The molecule has 0 spiro atoms. The van der Waals surface area contributed by atoms with Crippen LogP contribution in [-0.2, 0) is 29.6 Å². The maximum Gasteiger partial charge on any atom is 0.274 e. The number of Topliss-reactive ketones (excluding diaryl/α,β-unsaturated/α-hetero) is 1. The topological polar surface area (TPSA) is 143 Å². The number of carbonyl (C=O) groups excluding carboxylic acids is 2. The second-order valence-corrected chi connectivity index (χ2v) is 13.4. The Bertz CT molecular complexity index is 1650. The summed E-state index contributed by atoms with van der Waals surface area (Å²) in [6, 6.07) is 9.29. The molecule has 2 aliphatic rings. The normalized spacial score (nSPS) is 19.0. The van der Waals surface area contributed by atoms with E-state index in [1.54, 1.807) is 18.2 Å². The van der Waals surface area contributed by atoms with Crippen molar-refractivity contribution >= 4 is 104 Å². The summed E-state index contributed by atoms with van der Waals surface area (Å²) in [4.78, 5) is 31.5. The van der Waals surface area contributed by atoms with E-state index in [0.29, 0.717) is 30.8 Å². The summed E-state index contributed by atoms with van der Waals surface area (Å²) in [5.41, 5.74) is 0.788. The van der Waals surface area contributed by atoms with Crippen LogP contribution in [0.15, 0.2) is 45.7 Å². The highest BCUT2D eigenvalue weighted by Crippen LogP contribution is 2.44. The molecule has 0 aliphatic carbocycles. The van der Waals surface area contributed by atoms with Crippen molar-refractivity contribution < 1.29 is 26.4 Å². The van der Waals surface area contributed by atoms with Gasteiger partial charge in [-0.3, -0.25) is 19.2 Å². The zero-order valence-corrected chi connectivity index (χ0v) is 21.2. The van der Waals surface area contributed by atoms with Gasteiger partial charge in [0.05, 0.1) is 15.9 Å². The van der Waals surface area contributed by atoms with Gasteiger partial charge < -0.3 is 0 Å². The molecule has 3 aromatic rings. The zero-order chi connectivity index (χ0) is 24.4. The lowest BCUT2D eigenvalue weighted by atomic mass is 10.2. The number of rotatable bonds is 5. The quantitative estimate of drug-likeness (QED) is 0.456. The van der Waals surface area contributed by atoms with E-state index in [2.05, 4.69) is 14.1 Å². The minimum atomic E-state index is -4.65. The molecule has 0 fully saturated rings. The Morgan fingerprint density at radius 3 is 2.62 bits per heavy atom. The fourth-order valence-electron chi connectivity index (χ4n) is 3.36. The predicted octanol–water partition coefficient (Wildman–Crippen LogP) is 3.12. The van der Waals surface area contributed by atoms with Crippen LogP contribution in [0.5, 0.6) is 0 Å². The number of anilines is 2. The van der Waals surface area contributed by atoms with Crippen molar-refractivity contribution in [2.24, 2.45) is 4.40 Å². The Balaban J connectivity index is 1.41. The van der Waals surface area contributed by atoms with Crippen molar-refractivity contribution in [2.45, 2.75) is 10.1 Å². The molecule has 1 amide bonds. The number of thiazole rings is 1. The number of nitrogens with one attached hydrogen (secondary N) is 1. The van der Waals surface area contributed by atoms with Gasteiger partial charge >= 0.3 is 0 Å². The van der Waals surface area contributed by atoms with Crippen LogP contribution in [0, 0.1) is 0 Å². The second kappa shape index (κ2) is 8.17. The van der Waals surface area contributed by atoms with E-state index in [-0.39, 0.29) is 10.3 Å². The standard InChI is InChI=1S/C18H10Cl2N4O6S4/c19-8-1-3-10-13(5-8)31-17(21-10)22-33(27,28)7-12(25)15-16(26)24-11-4-2-9(20)6-14(11)32-18(24)23-34(15,29)30/h1-6,15H,7H2,(H,21,22). The molecule has 0 saturated heterocycles. The number of halogens is 2. The van der Waals surface area contributed by atoms with Crippen LogP contribution in [0.2, 0.25) is 10.0 Å². The van der Waals surface area contributed by atoms with Crippen molar-refractivity contribution in [1.82, 2.24) is 4.98 Å². The zero-order valence-electron chi connectivity index (χ0n) is 16.4. The molecule has 1 unspecified atom stereocenters. The van der Waals surface area contributed by atoms with E-state index < -0.39 is 42.7 Å². The summed E-state index contributed by atoms with van der Waals surface area (Å²) < 4.78 is 56.9. The number of amidine groups is 1. The van der Waals surface area contributed by atoms with Gasteiger partial charge in [-0.1, -0.05) is 34.5 Å². The number of nitrogens with zero attached hydrogens (tertiary/aromatic N) is 3. The van der Waals surface area contributed by atoms with E-state index in [9.17, 15) is 26.4 Å². The van der Waals surface area contributed by atoms with E-state index in [0.717, 1.165) is 28.0 Å². The minimum Gasteiger partial charge on any atom is -0.296 e. The number of ketones is 1. The number of amides is 1. The first-order chi connectivity index (χ1) is 15.9. The van der Waals surface area contributed by atoms with Crippen molar-refractivity contribution in [3.8, 4) is 0 Å². The maximum atomic E-state index is 13.1. The second-order valence-electron chi connectivity index (χ2n) is 7.12. The Morgan fingerprint density at radius 2 is 1.85 bits per heavy atom. The van der Waals surface area contributed by atoms with Gasteiger partial charge in [0, 0.05) is 14.9 Å². The molecule has 0 radical (unpaired) electrons. The first-order valence-electron chi connectivity index (χ1n) is 9.18. The SMILES string of the molecule is O=C(CS(=O)(=O)Nc1nc2ccc(Cl)cc2s1)C1C(=O)N2C(=NS1(=O)=O)Sc1cc(Cl)ccc12. The van der Waals surface area contributed by atoms with Crippen LogP contribution in [0.25, 0.3) is 10.2 Å². The summed E-state index contributed by atoms with van der Waals surface area (Å²) in [7, 11) is -9.04. The van der Waals surface area contributed by atoms with Crippen molar-refractivity contribution in [3.63, 3.8) is 0 Å². The Kier molecular flexibility index (Phi) is 5.65. The Labute approximate surface area is 211 Å². The minimum absolute atomic E-state index is 0.0371. The third-order valence-electron chi connectivity index (χ3n) is 4.72. The molecule has 5 rings (SSSR count). The lowest BCUT2D eigenvalue weighted by Gasteiger charge is -2.25. The smallest absolute Gasteiger partial charge is 0.274 e. The molecule has 10 nitrogen and oxygen atoms in total. The highest BCUT2D eigenvalue weighted by Gasteiger charge is 2.51. The van der Waals surface area contributed by atoms with Gasteiger partial charge in [-0.2, -0.15) is 0 Å². The molecule has 2 aromatic carbocycles. The van der Waals surface area contributed by atoms with Gasteiger partial charge in [0.25, 0.3) is 15.9 Å². The summed E-state index contributed by atoms with van der Waals surface area (Å²) in [6.07, 6.45) is 0. The first kappa shape index (κ1) is 23.5. The number of carbonyl (C=O) groups is 2. The third kappa shape index (κ3) is 4.18. The fourth-order valence-corrected chi connectivity index (χ4v) is 8.73. The highest BCUT2D eigenvalue weighted by atomic mass is 35.5. The van der Waals surface area contributed by atoms with Crippen molar-refractivity contribution in [2.75, 3.05) is 15.4 Å². The van der Waals surface area contributed by atoms with Gasteiger partial charge in [-0.15, -0.1) is 4.40 Å². The fraction of sp³-hybridized carbons (Fsp3) is 0.111. The predicted molar refractivity (Wildman–Crippen MR) is 132 cm³/mol. The summed E-state index contributed by atoms with van der Waals surface area (Å²) >= 11 is 13.8. The third-order valence-corrected chi connectivity index (χ3v) is 10.0. The maximum absolute atomic E-state index is 13.1. The number of benzene rings is 2. The molecule has 34 heavy (non-hydrogen) atoms. The van der Waals surface area contributed by atoms with E-state index in [4.69, 9.17) is 23.2 Å². The Morgan fingerprint density at radius 1 is 1.15 bits per heavy atom. The molecule has 3 heterocycles. The van der Waals surface area contributed by atoms with Gasteiger partial charge in [0.2, 0.25) is 15.3 Å². The number of hydrogen-bond acceptors (Lipinski definition) is 9. The van der Waals surface area contributed by atoms with Crippen LogP contribution in [0.3, 0.4) is 0 Å². The monoisotopic (exact) mass is 576 g/mol. The molecule has 2 aliphatic heterocycles. The van der Waals surface area contributed by atoms with Crippen LogP contribution in [0.1, 0.15) is 0 Å². The lowest BCUT2D eigenvalue weighted by Crippen LogP contribution is -2.53. The Hall–Kier alpha value is -2.23. The molecule has 0 bridgehead atoms. The number of hydrogen-bond donors (Lipinski definition) is 1. The molecule has 16 heteroatoms. The van der Waals surface area contributed by atoms with Crippen LogP contribution in [0.4, 0.5) is 10.8 Å². The van der Waals surface area contributed by atoms with E-state index in [1.807, 2.05) is 0 Å². The molecular formula is C18H10Cl2N4O6S4. The molecule has 176 valence electrons. The van der Waals surface area contributed by atoms with Gasteiger partial charge in [-0.05, 0) is 48.2 Å². The highest BCUT2D eigenvalue weighted by molar-refractivity contribution is 8.15. The van der Waals surface area contributed by atoms with Crippen molar-refractivity contribution in [1.29, 1.82) is 0 Å². The van der Waals surface area contributed by atoms with Crippen LogP contribution in [-0.4, -0.2) is 49.7 Å². The lowest BCUT2D eigenvalue weighted by molar-refractivity contribution is -0.124. The molecule has 0 saturated carbocycles. The number of fused-ring (bicyclic) bond motifs is 4. The molecule has 1 aromatic heterocycles. The van der Waals surface area contributed by atoms with E-state index in [1.165, 1.54) is 18.2 Å². The number of thioether (sulfide) groups is 1. The van der Waals surface area contributed by atoms with Gasteiger partial charge in [0.15, 0.2) is 16.1 Å². The summed E-state index contributed by atoms with van der Waals surface area (Å²) in [5, 5.41) is -1.69. The number of sulfonamides is 2. The first-order valence-corrected chi connectivity index (χ1v) is 14.7. The average Bonchev–Trinajstić information content (AvgIpc) is 3.24. The van der Waals surface area contributed by atoms with Crippen LogP contribution < -0.4 is 9.62 Å². The van der Waals surface area contributed by atoms with E-state index >= 15 is 0 Å². The van der Waals surface area contributed by atoms with Crippen LogP contribution >= 0.6 is 46.3 Å². The molecule has 1 N–H and O–H groups in total. The summed E-state index contributed by atoms with van der Waals surface area (Å²) in [6.45, 7) is 0. The average molecular weight is 577 g/mol. The molecular weight excluding hydrogens is 567 g/mol. The largest absolute Gasteiger partial charge is 0.296 e. The number of aromatic nitrogens is 1. The van der Waals surface area contributed by atoms with Gasteiger partial charge in [-0.25, -0.2) is 21.8 Å². The molecule has 1 atom stereocenters.